The Labute approximate surface area is 93.7 Å². The second kappa shape index (κ2) is 3.63. The van der Waals surface area contributed by atoms with Crippen LogP contribution in [0, 0.1) is 19.7 Å². The molecule has 1 heterocycles. The van der Waals surface area contributed by atoms with Gasteiger partial charge in [0.05, 0.1) is 5.69 Å². The van der Waals surface area contributed by atoms with Gasteiger partial charge in [-0.3, -0.25) is 4.68 Å². The summed E-state index contributed by atoms with van der Waals surface area (Å²) in [7, 11) is 1.83. The van der Waals surface area contributed by atoms with Gasteiger partial charge in [0.25, 0.3) is 0 Å². The Bertz CT molecular complexity index is 524. The van der Waals surface area contributed by atoms with Crippen LogP contribution < -0.4 is 5.73 Å². The van der Waals surface area contributed by atoms with E-state index in [1.165, 1.54) is 6.07 Å². The van der Waals surface area contributed by atoms with E-state index in [4.69, 9.17) is 5.73 Å². The van der Waals surface area contributed by atoms with E-state index in [9.17, 15) is 4.39 Å². The van der Waals surface area contributed by atoms with Crippen LogP contribution in [0.2, 0.25) is 0 Å². The second-order valence-corrected chi connectivity index (χ2v) is 3.98. The fourth-order valence-corrected chi connectivity index (χ4v) is 1.58. The van der Waals surface area contributed by atoms with Crippen molar-refractivity contribution in [2.75, 3.05) is 5.73 Å². The standard InChI is InChI=1S/C12H14FN3/c1-7-4-10(13)9(6-11(7)14)12-5-8(2)16(3)15-12/h4-6H,14H2,1-3H3. The Morgan fingerprint density at radius 3 is 2.50 bits per heavy atom. The minimum Gasteiger partial charge on any atom is -0.398 e. The molecular weight excluding hydrogens is 205 g/mol. The molecule has 0 aliphatic heterocycles. The van der Waals surface area contributed by atoms with Gasteiger partial charge >= 0.3 is 0 Å². The summed E-state index contributed by atoms with van der Waals surface area (Å²) in [5.74, 6) is -0.287. The minimum absolute atomic E-state index is 0.287. The molecule has 4 heteroatoms. The average Bonchev–Trinajstić information content (AvgIpc) is 2.53. The number of nitrogens with two attached hydrogens (primary N) is 1. The molecular formula is C12H14FN3. The predicted octanol–water partition coefficient (Wildman–Crippen LogP) is 2.43. The summed E-state index contributed by atoms with van der Waals surface area (Å²) >= 11 is 0. The van der Waals surface area contributed by atoms with E-state index in [0.717, 1.165) is 11.3 Å². The summed E-state index contributed by atoms with van der Waals surface area (Å²) in [6.07, 6.45) is 0. The molecule has 0 radical (unpaired) electrons. The van der Waals surface area contributed by atoms with Gasteiger partial charge in [0.15, 0.2) is 0 Å². The Morgan fingerprint density at radius 2 is 1.94 bits per heavy atom. The highest BCUT2D eigenvalue weighted by Crippen LogP contribution is 2.26. The van der Waals surface area contributed by atoms with Crippen LogP contribution in [0.5, 0.6) is 0 Å². The van der Waals surface area contributed by atoms with Crippen molar-refractivity contribution in [1.82, 2.24) is 9.78 Å². The number of aromatic nitrogens is 2. The molecule has 0 saturated heterocycles. The number of hydrogen-bond acceptors (Lipinski definition) is 2. The SMILES string of the molecule is Cc1cc(F)c(-c2cc(C)n(C)n2)cc1N. The number of anilines is 1. The molecule has 3 nitrogen and oxygen atoms in total. The van der Waals surface area contributed by atoms with Crippen molar-refractivity contribution in [1.29, 1.82) is 0 Å². The smallest absolute Gasteiger partial charge is 0.133 e. The van der Waals surface area contributed by atoms with E-state index < -0.39 is 0 Å². The number of aryl methyl sites for hydroxylation is 3. The molecule has 2 N–H and O–H groups in total. The average molecular weight is 219 g/mol. The quantitative estimate of drug-likeness (QED) is 0.748. The Hall–Kier alpha value is -1.84. The van der Waals surface area contributed by atoms with Gasteiger partial charge in [-0.15, -0.1) is 0 Å². The molecule has 0 aliphatic carbocycles. The number of benzene rings is 1. The number of nitrogens with zero attached hydrogens (tertiary/aromatic N) is 2. The number of hydrogen-bond donors (Lipinski definition) is 1. The fourth-order valence-electron chi connectivity index (χ4n) is 1.58. The summed E-state index contributed by atoms with van der Waals surface area (Å²) < 4.78 is 15.5. The van der Waals surface area contributed by atoms with Crippen LogP contribution in [0.25, 0.3) is 11.3 Å². The Balaban J connectivity index is 2.60. The summed E-state index contributed by atoms with van der Waals surface area (Å²) in [4.78, 5) is 0. The first-order valence-electron chi connectivity index (χ1n) is 5.05. The number of rotatable bonds is 1. The van der Waals surface area contributed by atoms with E-state index in [1.807, 2.05) is 20.0 Å². The van der Waals surface area contributed by atoms with Crippen LogP contribution >= 0.6 is 0 Å². The highest BCUT2D eigenvalue weighted by Gasteiger charge is 2.11. The Morgan fingerprint density at radius 1 is 1.25 bits per heavy atom. The zero-order chi connectivity index (χ0) is 11.9. The number of nitrogen functional groups attached to an aromatic ring is 1. The predicted molar refractivity (Wildman–Crippen MR) is 62.5 cm³/mol. The van der Waals surface area contributed by atoms with Gasteiger partial charge in [-0.05, 0) is 37.6 Å². The first-order valence-corrected chi connectivity index (χ1v) is 5.05. The van der Waals surface area contributed by atoms with Crippen molar-refractivity contribution in [3.8, 4) is 11.3 Å². The molecule has 0 aliphatic rings. The molecule has 1 aromatic carbocycles. The van der Waals surface area contributed by atoms with Gasteiger partial charge in [0, 0.05) is 24.0 Å². The maximum atomic E-state index is 13.8. The van der Waals surface area contributed by atoms with Gasteiger partial charge in [-0.1, -0.05) is 0 Å². The van der Waals surface area contributed by atoms with Gasteiger partial charge in [0.2, 0.25) is 0 Å². The van der Waals surface area contributed by atoms with Crippen molar-refractivity contribution >= 4 is 5.69 Å². The third-order valence-corrected chi connectivity index (χ3v) is 2.75. The van der Waals surface area contributed by atoms with Crippen molar-refractivity contribution in [3.05, 3.63) is 35.3 Å². The lowest BCUT2D eigenvalue weighted by molar-refractivity contribution is 0.629. The second-order valence-electron chi connectivity index (χ2n) is 3.98. The van der Waals surface area contributed by atoms with Crippen LogP contribution in [-0.2, 0) is 7.05 Å². The molecule has 0 bridgehead atoms. The van der Waals surface area contributed by atoms with Gasteiger partial charge in [-0.25, -0.2) is 4.39 Å². The maximum Gasteiger partial charge on any atom is 0.133 e. The van der Waals surface area contributed by atoms with Crippen molar-refractivity contribution in [2.45, 2.75) is 13.8 Å². The van der Waals surface area contributed by atoms with Crippen molar-refractivity contribution in [3.63, 3.8) is 0 Å². The van der Waals surface area contributed by atoms with Crippen molar-refractivity contribution < 1.29 is 4.39 Å². The lowest BCUT2D eigenvalue weighted by atomic mass is 10.1. The molecule has 2 rings (SSSR count). The molecule has 16 heavy (non-hydrogen) atoms. The monoisotopic (exact) mass is 219 g/mol. The molecule has 0 atom stereocenters. The summed E-state index contributed by atoms with van der Waals surface area (Å²) in [5, 5.41) is 4.23. The van der Waals surface area contributed by atoms with Gasteiger partial charge in [-0.2, -0.15) is 5.10 Å². The lowest BCUT2D eigenvalue weighted by Gasteiger charge is -2.04. The molecule has 2 aromatic rings. The molecule has 0 spiro atoms. The zero-order valence-corrected chi connectivity index (χ0v) is 9.58. The van der Waals surface area contributed by atoms with Gasteiger partial charge in [0.1, 0.15) is 5.82 Å². The summed E-state index contributed by atoms with van der Waals surface area (Å²) in [5.41, 5.74) is 9.14. The van der Waals surface area contributed by atoms with E-state index in [0.29, 0.717) is 16.9 Å². The maximum absolute atomic E-state index is 13.8. The van der Waals surface area contributed by atoms with Crippen molar-refractivity contribution in [2.24, 2.45) is 7.05 Å². The first kappa shape index (κ1) is 10.7. The third-order valence-electron chi connectivity index (χ3n) is 2.75. The topological polar surface area (TPSA) is 43.8 Å². The van der Waals surface area contributed by atoms with Crippen LogP contribution in [0.4, 0.5) is 10.1 Å². The molecule has 0 saturated carbocycles. The highest BCUT2D eigenvalue weighted by atomic mass is 19.1. The largest absolute Gasteiger partial charge is 0.398 e. The summed E-state index contributed by atoms with van der Waals surface area (Å²) in [6.45, 7) is 3.71. The Kier molecular flexibility index (Phi) is 2.42. The molecule has 1 aromatic heterocycles. The van der Waals surface area contributed by atoms with E-state index in [1.54, 1.807) is 17.7 Å². The van der Waals surface area contributed by atoms with Crippen LogP contribution in [0.1, 0.15) is 11.3 Å². The highest BCUT2D eigenvalue weighted by molar-refractivity contribution is 5.67. The zero-order valence-electron chi connectivity index (χ0n) is 9.58. The molecule has 0 fully saturated rings. The molecule has 84 valence electrons. The normalized spacial score (nSPS) is 10.8. The van der Waals surface area contributed by atoms with E-state index >= 15 is 0 Å². The van der Waals surface area contributed by atoms with Crippen LogP contribution in [0.15, 0.2) is 18.2 Å². The van der Waals surface area contributed by atoms with E-state index in [2.05, 4.69) is 5.10 Å². The minimum atomic E-state index is -0.287. The molecule has 0 unspecified atom stereocenters. The molecule has 0 amide bonds. The lowest BCUT2D eigenvalue weighted by Crippen LogP contribution is -1.95. The fraction of sp³-hybridized carbons (Fsp3) is 0.250. The number of halogens is 1. The van der Waals surface area contributed by atoms with Gasteiger partial charge < -0.3 is 5.73 Å². The van der Waals surface area contributed by atoms with E-state index in [-0.39, 0.29) is 5.82 Å². The summed E-state index contributed by atoms with van der Waals surface area (Å²) in [6, 6.07) is 4.91. The van der Waals surface area contributed by atoms with Crippen LogP contribution in [-0.4, -0.2) is 9.78 Å². The van der Waals surface area contributed by atoms with Crippen LogP contribution in [0.3, 0.4) is 0 Å². The first-order chi connectivity index (χ1) is 7.49. The third kappa shape index (κ3) is 1.66.